The van der Waals surface area contributed by atoms with Crippen molar-refractivity contribution in [3.63, 3.8) is 0 Å². The van der Waals surface area contributed by atoms with Crippen LogP contribution in [0.15, 0.2) is 4.99 Å². The third-order valence-corrected chi connectivity index (χ3v) is 7.24. The van der Waals surface area contributed by atoms with Gasteiger partial charge in [0.25, 0.3) is 0 Å². The van der Waals surface area contributed by atoms with E-state index in [4.69, 9.17) is 22.9 Å². The van der Waals surface area contributed by atoms with Crippen LogP contribution >= 0.6 is 0 Å². The zero-order valence-electron chi connectivity index (χ0n) is 32.2. The Labute approximate surface area is 337 Å². The zero-order valence-corrected chi connectivity index (χ0v) is 32.2. The molecule has 332 valence electrons. The molecule has 0 aromatic carbocycles. The molecule has 0 heterocycles. The maximum Gasteiger partial charge on any atom is 0.326 e. The summed E-state index contributed by atoms with van der Waals surface area (Å²) in [4.78, 5) is 135. The van der Waals surface area contributed by atoms with Crippen LogP contribution in [0.1, 0.15) is 32.1 Å². The Morgan fingerprint density at radius 1 is 0.492 bits per heavy atom. The normalized spacial score (nSPS) is 11.8. The number of unbranched alkanes of at least 4 members (excludes halogenated alkanes) is 1. The van der Waals surface area contributed by atoms with Crippen LogP contribution in [0.3, 0.4) is 0 Å². The Kier molecular flexibility index (Phi) is 27.0. The number of nitrogens with two attached hydrogens (primary N) is 4. The number of aliphatic hydroxyl groups is 1. The molecule has 0 radical (unpaired) electrons. The molecule has 0 aliphatic rings. The van der Waals surface area contributed by atoms with Crippen LogP contribution in [0, 0.1) is 0 Å². The van der Waals surface area contributed by atoms with E-state index in [2.05, 4.69) is 58.2 Å². The molecule has 0 saturated carbocycles. The Bertz CT molecular complexity index is 1510. The molecule has 0 aliphatic heterocycles. The molecule has 0 rings (SSSR count). The number of carboxylic acids is 1. The van der Waals surface area contributed by atoms with E-state index in [0.29, 0.717) is 25.8 Å². The summed E-state index contributed by atoms with van der Waals surface area (Å²) >= 11 is 0. The second-order valence-electron chi connectivity index (χ2n) is 12.2. The number of amides is 10. The summed E-state index contributed by atoms with van der Waals surface area (Å²) in [6, 6.07) is -3.64. The van der Waals surface area contributed by atoms with E-state index in [9.17, 15) is 63.0 Å². The van der Waals surface area contributed by atoms with Gasteiger partial charge >= 0.3 is 5.97 Å². The smallest absolute Gasteiger partial charge is 0.326 e. The van der Waals surface area contributed by atoms with Gasteiger partial charge in [-0.3, -0.25) is 52.9 Å². The molecule has 10 amide bonds. The van der Waals surface area contributed by atoms with Crippen molar-refractivity contribution in [1.82, 2.24) is 53.2 Å². The average molecular weight is 846 g/mol. The van der Waals surface area contributed by atoms with Crippen LogP contribution in [0.4, 0.5) is 0 Å². The lowest BCUT2D eigenvalue weighted by Gasteiger charge is -2.16. The average Bonchev–Trinajstić information content (AvgIpc) is 3.19. The largest absolute Gasteiger partial charge is 0.480 e. The number of aliphatic imine (C=N–C) groups is 1. The van der Waals surface area contributed by atoms with E-state index in [0.717, 1.165) is 0 Å². The van der Waals surface area contributed by atoms with E-state index >= 15 is 0 Å². The summed E-state index contributed by atoms with van der Waals surface area (Å²) in [5.74, 6) is -9.50. The molecule has 0 saturated heterocycles. The number of hydrogen-bond donors (Lipinski definition) is 16. The lowest BCUT2D eigenvalue weighted by atomic mass is 10.1. The van der Waals surface area contributed by atoms with Crippen molar-refractivity contribution in [3.8, 4) is 0 Å². The predicted molar refractivity (Wildman–Crippen MR) is 203 cm³/mol. The van der Waals surface area contributed by atoms with Gasteiger partial charge in [-0.05, 0) is 38.6 Å². The number of rotatable bonds is 30. The number of aliphatic carboxylic acids is 1. The molecule has 0 aromatic rings. The van der Waals surface area contributed by atoms with Gasteiger partial charge in [0.05, 0.1) is 65.0 Å². The molecule has 20 N–H and O–H groups in total. The molecular weight excluding hydrogens is 790 g/mol. The van der Waals surface area contributed by atoms with Gasteiger partial charge in [0.1, 0.15) is 12.1 Å². The Hall–Kier alpha value is -6.68. The van der Waals surface area contributed by atoms with Gasteiger partial charge in [-0.25, -0.2) is 4.79 Å². The van der Waals surface area contributed by atoms with E-state index in [1.807, 2.05) is 0 Å². The highest BCUT2D eigenvalue weighted by Gasteiger charge is 2.22. The van der Waals surface area contributed by atoms with Crippen molar-refractivity contribution in [1.29, 1.82) is 0 Å². The van der Waals surface area contributed by atoms with Crippen LogP contribution in [-0.2, 0) is 52.7 Å². The first kappa shape index (κ1) is 52.3. The minimum absolute atomic E-state index is 0.0999. The van der Waals surface area contributed by atoms with Gasteiger partial charge in [-0.2, -0.15) is 0 Å². The second-order valence-corrected chi connectivity index (χ2v) is 12.2. The summed E-state index contributed by atoms with van der Waals surface area (Å²) < 4.78 is 0. The quantitative estimate of drug-likeness (QED) is 0.0181. The molecule has 28 heteroatoms. The standard InChI is InChI=1S/C31H55N15O13/c32-6-2-1-5-18(30(58)59)45-26(54)14-41-22(50)10-37-21(49)9-40-25(53)13-44-29(57)19(16-47)46-27(55)15-42-23(51)11-38-20(48)8-39-24(52)12-43-28(56)17(33)4-3-7-36-31(34)35/h17-19,47H,1-16,32-33H2,(H,37,49)(H,38,48)(H,39,52)(H,40,53)(H,41,50)(H,42,51)(H,43,56)(H,44,57)(H,45,54)(H,46,55)(H,58,59)(H4,34,35,36)/t17-,18-,19-/m0/s1. The van der Waals surface area contributed by atoms with Crippen molar-refractivity contribution in [3.05, 3.63) is 0 Å². The topological polar surface area (TPSA) is 465 Å². The highest BCUT2D eigenvalue weighted by Crippen LogP contribution is 2.00. The first-order valence-electron chi connectivity index (χ1n) is 18.0. The zero-order chi connectivity index (χ0) is 44.8. The van der Waals surface area contributed by atoms with Gasteiger partial charge in [0.15, 0.2) is 5.96 Å². The van der Waals surface area contributed by atoms with E-state index < -0.39 is 142 Å². The summed E-state index contributed by atoms with van der Waals surface area (Å²) in [5.41, 5.74) is 21.5. The van der Waals surface area contributed by atoms with Gasteiger partial charge in [0, 0.05) is 6.54 Å². The minimum Gasteiger partial charge on any atom is -0.480 e. The SMILES string of the molecule is NCCCC[C@H](NC(=O)CNC(=O)CNC(=O)CNC(=O)CNC(=O)[C@H](CO)NC(=O)CNC(=O)CNC(=O)CNC(=O)CNC(=O)[C@@H](N)CCCN=C(N)N)C(=O)O. The Balaban J connectivity index is 4.30. The summed E-state index contributed by atoms with van der Waals surface area (Å²) in [6.07, 6.45) is 1.85. The number of nitrogens with zero attached hydrogens (tertiary/aromatic N) is 1. The van der Waals surface area contributed by atoms with Crippen molar-refractivity contribution in [2.24, 2.45) is 27.9 Å². The van der Waals surface area contributed by atoms with Crippen molar-refractivity contribution in [2.75, 3.05) is 72.1 Å². The monoisotopic (exact) mass is 845 g/mol. The molecule has 28 nitrogen and oxygen atoms in total. The molecule has 0 spiro atoms. The number of carboxylic acid groups (broad SMARTS) is 1. The molecular formula is C31H55N15O13. The lowest BCUT2D eigenvalue weighted by molar-refractivity contribution is -0.142. The predicted octanol–water partition coefficient (Wildman–Crippen LogP) is -10.5. The summed E-state index contributed by atoms with van der Waals surface area (Å²) in [7, 11) is 0. The van der Waals surface area contributed by atoms with Gasteiger partial charge in [-0.15, -0.1) is 0 Å². The van der Waals surface area contributed by atoms with Gasteiger partial charge in [-0.1, -0.05) is 0 Å². The minimum atomic E-state index is -1.55. The first-order chi connectivity index (χ1) is 27.9. The number of guanidine groups is 1. The maximum atomic E-state index is 12.3. The highest BCUT2D eigenvalue weighted by atomic mass is 16.4. The van der Waals surface area contributed by atoms with E-state index in [-0.39, 0.29) is 25.3 Å². The van der Waals surface area contributed by atoms with Crippen LogP contribution in [0.5, 0.6) is 0 Å². The fourth-order valence-corrected chi connectivity index (χ4v) is 4.12. The lowest BCUT2D eigenvalue weighted by Crippen LogP contribution is -2.53. The molecule has 0 unspecified atom stereocenters. The third kappa shape index (κ3) is 27.5. The number of carbonyl (C=O) groups excluding carboxylic acids is 10. The van der Waals surface area contributed by atoms with Crippen LogP contribution in [0.25, 0.3) is 0 Å². The summed E-state index contributed by atoms with van der Waals surface area (Å²) in [6.45, 7) is -5.07. The van der Waals surface area contributed by atoms with Crippen molar-refractivity contribution < 1.29 is 63.0 Å². The van der Waals surface area contributed by atoms with E-state index in [1.165, 1.54) is 0 Å². The van der Waals surface area contributed by atoms with Crippen LogP contribution < -0.4 is 76.1 Å². The maximum absolute atomic E-state index is 12.3. The Morgan fingerprint density at radius 2 is 0.864 bits per heavy atom. The van der Waals surface area contributed by atoms with Crippen molar-refractivity contribution >= 4 is 71.0 Å². The Morgan fingerprint density at radius 3 is 1.24 bits per heavy atom. The molecule has 59 heavy (non-hydrogen) atoms. The first-order valence-corrected chi connectivity index (χ1v) is 18.0. The number of carbonyl (C=O) groups is 11. The molecule has 0 bridgehead atoms. The fraction of sp³-hybridized carbons (Fsp3) is 0.613. The fourth-order valence-electron chi connectivity index (χ4n) is 4.12. The van der Waals surface area contributed by atoms with Gasteiger partial charge < -0.3 is 86.3 Å². The number of aliphatic hydroxyl groups excluding tert-OH is 1. The van der Waals surface area contributed by atoms with Gasteiger partial charge in [0.2, 0.25) is 59.1 Å². The summed E-state index contributed by atoms with van der Waals surface area (Å²) in [5, 5.41) is 40.5. The van der Waals surface area contributed by atoms with Crippen LogP contribution in [-0.4, -0.2) is 171 Å². The molecule has 0 aromatic heterocycles. The third-order valence-electron chi connectivity index (χ3n) is 7.24. The molecule has 0 fully saturated rings. The van der Waals surface area contributed by atoms with Crippen LogP contribution in [0.2, 0.25) is 0 Å². The second kappa shape index (κ2) is 30.5. The highest BCUT2D eigenvalue weighted by molar-refractivity contribution is 5.95. The van der Waals surface area contributed by atoms with E-state index in [1.54, 1.807) is 0 Å². The number of hydrogen-bond acceptors (Lipinski definition) is 15. The molecule has 3 atom stereocenters. The molecule has 0 aliphatic carbocycles. The number of nitrogens with one attached hydrogen (secondary N) is 10. The van der Waals surface area contributed by atoms with Crippen molar-refractivity contribution in [2.45, 2.75) is 50.2 Å².